The van der Waals surface area contributed by atoms with E-state index in [-0.39, 0.29) is 6.04 Å². The van der Waals surface area contributed by atoms with Crippen LogP contribution in [0.25, 0.3) is 0 Å². The molecule has 1 unspecified atom stereocenters. The van der Waals surface area contributed by atoms with Crippen LogP contribution in [0, 0.1) is 6.92 Å². The van der Waals surface area contributed by atoms with Crippen molar-refractivity contribution in [3.8, 4) is 0 Å². The Morgan fingerprint density at radius 3 is 2.94 bits per heavy atom. The summed E-state index contributed by atoms with van der Waals surface area (Å²) in [7, 11) is 0. The van der Waals surface area contributed by atoms with Crippen molar-refractivity contribution in [2.24, 2.45) is 0 Å². The Kier molecular flexibility index (Phi) is 4.60. The molecule has 0 aliphatic heterocycles. The number of thiophene rings is 1. The van der Waals surface area contributed by atoms with Crippen molar-refractivity contribution in [1.29, 1.82) is 0 Å². The van der Waals surface area contributed by atoms with Gasteiger partial charge in [0.25, 0.3) is 0 Å². The van der Waals surface area contributed by atoms with Crippen LogP contribution in [-0.2, 0) is 12.8 Å². The smallest absolute Gasteiger partial charge is 0.315 e. The molecule has 0 fully saturated rings. The molecule has 1 atom stereocenters. The minimum absolute atomic E-state index is 0.257. The summed E-state index contributed by atoms with van der Waals surface area (Å²) in [6, 6.07) is 5.02. The molecular formula is C12H16ClN3OS. The van der Waals surface area contributed by atoms with Gasteiger partial charge in [-0.1, -0.05) is 5.10 Å². The zero-order valence-electron chi connectivity index (χ0n) is 10.4. The Hall–Kier alpha value is -1.07. The second-order valence-corrected chi connectivity index (χ2v) is 5.95. The third-order valence-electron chi connectivity index (χ3n) is 2.45. The number of aryl methyl sites for hydroxylation is 2. The minimum atomic E-state index is 0.257. The van der Waals surface area contributed by atoms with Gasteiger partial charge >= 0.3 is 6.01 Å². The fraction of sp³-hybridized carbons (Fsp3) is 0.500. The molecule has 0 bridgehead atoms. The molecule has 18 heavy (non-hydrogen) atoms. The molecule has 0 amide bonds. The van der Waals surface area contributed by atoms with Crippen LogP contribution < -0.4 is 5.32 Å². The molecule has 4 nitrogen and oxygen atoms in total. The van der Waals surface area contributed by atoms with Crippen molar-refractivity contribution in [2.75, 3.05) is 11.2 Å². The summed E-state index contributed by atoms with van der Waals surface area (Å²) >= 11 is 7.43. The van der Waals surface area contributed by atoms with Gasteiger partial charge in [-0.3, -0.25) is 0 Å². The van der Waals surface area contributed by atoms with Crippen molar-refractivity contribution in [3.05, 3.63) is 27.8 Å². The molecule has 2 heterocycles. The number of alkyl halides is 1. The van der Waals surface area contributed by atoms with Gasteiger partial charge in [0.2, 0.25) is 5.89 Å². The molecule has 0 aliphatic carbocycles. The van der Waals surface area contributed by atoms with E-state index < -0.39 is 0 Å². The Balaban J connectivity index is 1.88. The van der Waals surface area contributed by atoms with E-state index in [9.17, 15) is 0 Å². The lowest BCUT2D eigenvalue weighted by molar-refractivity contribution is 0.506. The highest BCUT2D eigenvalue weighted by Gasteiger charge is 2.10. The van der Waals surface area contributed by atoms with Crippen molar-refractivity contribution < 1.29 is 4.42 Å². The Bertz CT molecular complexity index is 497. The van der Waals surface area contributed by atoms with Crippen LogP contribution >= 0.6 is 22.9 Å². The molecule has 0 aliphatic rings. The summed E-state index contributed by atoms with van der Waals surface area (Å²) in [6.07, 6.45) is 1.56. The molecule has 2 aromatic heterocycles. The highest BCUT2D eigenvalue weighted by Crippen LogP contribution is 2.18. The molecule has 1 N–H and O–H groups in total. The third-order valence-corrected chi connectivity index (χ3v) is 3.66. The molecular weight excluding hydrogens is 270 g/mol. The standard InChI is InChI=1S/C12H16ClN3OS/c1-8(7-10-4-3-9(2)18-10)14-12-16-15-11(17-12)5-6-13/h3-4,8H,5-7H2,1-2H3,(H,14,16). The number of halogens is 1. The summed E-state index contributed by atoms with van der Waals surface area (Å²) in [5.74, 6) is 1.07. The SMILES string of the molecule is Cc1ccc(CC(C)Nc2nnc(CCCl)o2)s1. The average Bonchev–Trinajstić information content (AvgIpc) is 2.89. The molecule has 98 valence electrons. The fourth-order valence-corrected chi connectivity index (χ4v) is 2.83. The lowest BCUT2D eigenvalue weighted by Gasteiger charge is -2.09. The number of nitrogens with one attached hydrogen (secondary N) is 1. The first-order chi connectivity index (χ1) is 8.67. The molecule has 0 radical (unpaired) electrons. The van der Waals surface area contributed by atoms with Crippen molar-refractivity contribution in [1.82, 2.24) is 10.2 Å². The van der Waals surface area contributed by atoms with Gasteiger partial charge in [0, 0.05) is 34.5 Å². The summed E-state index contributed by atoms with van der Waals surface area (Å²) in [5, 5.41) is 11.0. The van der Waals surface area contributed by atoms with E-state index in [1.54, 1.807) is 0 Å². The second kappa shape index (κ2) is 6.20. The Morgan fingerprint density at radius 2 is 2.28 bits per heavy atom. The molecule has 0 spiro atoms. The van der Waals surface area contributed by atoms with Gasteiger partial charge in [-0.25, -0.2) is 0 Å². The maximum atomic E-state index is 5.61. The predicted molar refractivity (Wildman–Crippen MR) is 74.6 cm³/mol. The van der Waals surface area contributed by atoms with Gasteiger partial charge in [-0.2, -0.15) is 0 Å². The monoisotopic (exact) mass is 285 g/mol. The van der Waals surface area contributed by atoms with Crippen molar-refractivity contribution >= 4 is 29.0 Å². The Morgan fingerprint density at radius 1 is 1.44 bits per heavy atom. The normalized spacial score (nSPS) is 12.6. The molecule has 6 heteroatoms. The van der Waals surface area contributed by atoms with Crippen molar-refractivity contribution in [2.45, 2.75) is 32.7 Å². The van der Waals surface area contributed by atoms with Crippen molar-refractivity contribution in [3.63, 3.8) is 0 Å². The first-order valence-electron chi connectivity index (χ1n) is 5.87. The lowest BCUT2D eigenvalue weighted by Crippen LogP contribution is -2.17. The quantitative estimate of drug-likeness (QED) is 0.828. The topological polar surface area (TPSA) is 51.0 Å². The molecule has 0 saturated carbocycles. The molecule has 2 aromatic rings. The van der Waals surface area contributed by atoms with Gasteiger partial charge in [0.15, 0.2) is 0 Å². The maximum absolute atomic E-state index is 5.61. The van der Waals surface area contributed by atoms with E-state index in [0.29, 0.717) is 24.2 Å². The van der Waals surface area contributed by atoms with Crippen LogP contribution in [0.4, 0.5) is 6.01 Å². The van der Waals surface area contributed by atoms with Crippen LogP contribution in [0.3, 0.4) is 0 Å². The van der Waals surface area contributed by atoms with Crippen LogP contribution in [-0.4, -0.2) is 22.1 Å². The van der Waals surface area contributed by atoms with Crippen LogP contribution in [0.2, 0.25) is 0 Å². The summed E-state index contributed by atoms with van der Waals surface area (Å²) in [5.41, 5.74) is 0. The zero-order valence-corrected chi connectivity index (χ0v) is 12.0. The summed E-state index contributed by atoms with van der Waals surface area (Å²) < 4.78 is 5.42. The number of hydrogen-bond donors (Lipinski definition) is 1. The maximum Gasteiger partial charge on any atom is 0.315 e. The third kappa shape index (κ3) is 3.71. The second-order valence-electron chi connectivity index (χ2n) is 4.20. The van der Waals surface area contributed by atoms with Gasteiger partial charge < -0.3 is 9.73 Å². The van der Waals surface area contributed by atoms with E-state index in [2.05, 4.69) is 41.5 Å². The van der Waals surface area contributed by atoms with E-state index >= 15 is 0 Å². The van der Waals surface area contributed by atoms with Crippen LogP contribution in [0.15, 0.2) is 16.5 Å². The number of aromatic nitrogens is 2. The number of hydrogen-bond acceptors (Lipinski definition) is 5. The Labute approximate surface area is 115 Å². The van der Waals surface area contributed by atoms with E-state index in [4.69, 9.17) is 16.0 Å². The summed E-state index contributed by atoms with van der Waals surface area (Å²) in [6.45, 7) is 4.21. The van der Waals surface area contributed by atoms with E-state index in [1.807, 2.05) is 11.3 Å². The molecule has 0 aromatic carbocycles. The van der Waals surface area contributed by atoms with Gasteiger partial charge in [0.05, 0.1) is 0 Å². The van der Waals surface area contributed by atoms with E-state index in [1.165, 1.54) is 9.75 Å². The largest absolute Gasteiger partial charge is 0.408 e. The highest BCUT2D eigenvalue weighted by molar-refractivity contribution is 7.11. The van der Waals surface area contributed by atoms with Gasteiger partial charge in [-0.15, -0.1) is 28.0 Å². The minimum Gasteiger partial charge on any atom is -0.408 e. The fourth-order valence-electron chi connectivity index (χ4n) is 1.65. The number of nitrogens with zero attached hydrogens (tertiary/aromatic N) is 2. The lowest BCUT2D eigenvalue weighted by atomic mass is 10.2. The van der Waals surface area contributed by atoms with Crippen LogP contribution in [0.5, 0.6) is 0 Å². The molecule has 0 saturated heterocycles. The molecule has 2 rings (SSSR count). The highest BCUT2D eigenvalue weighted by atomic mass is 35.5. The summed E-state index contributed by atoms with van der Waals surface area (Å²) in [4.78, 5) is 2.69. The number of rotatable bonds is 6. The van der Waals surface area contributed by atoms with Crippen LogP contribution in [0.1, 0.15) is 22.6 Å². The van der Waals surface area contributed by atoms with E-state index in [0.717, 1.165) is 6.42 Å². The first-order valence-corrected chi connectivity index (χ1v) is 7.22. The van der Waals surface area contributed by atoms with Gasteiger partial charge in [0.1, 0.15) is 0 Å². The predicted octanol–water partition coefficient (Wildman–Crippen LogP) is 3.26. The number of anilines is 1. The first kappa shape index (κ1) is 13.4. The average molecular weight is 286 g/mol. The van der Waals surface area contributed by atoms with Gasteiger partial charge in [-0.05, 0) is 26.0 Å². The zero-order chi connectivity index (χ0) is 13.0.